The summed E-state index contributed by atoms with van der Waals surface area (Å²) >= 11 is 0. The van der Waals surface area contributed by atoms with Crippen molar-refractivity contribution in [3.05, 3.63) is 30.3 Å². The number of nitrogens with two attached hydrogens (primary N) is 3. The molecule has 0 heterocycles. The van der Waals surface area contributed by atoms with Crippen LogP contribution in [-0.4, -0.2) is 11.9 Å². The molecule has 0 atom stereocenters. The van der Waals surface area contributed by atoms with Gasteiger partial charge in [0, 0.05) is 0 Å². The van der Waals surface area contributed by atoms with Crippen LogP contribution in [-0.2, 0) is 0 Å². The van der Waals surface area contributed by atoms with Crippen molar-refractivity contribution in [2.24, 2.45) is 27.2 Å². The van der Waals surface area contributed by atoms with E-state index in [9.17, 15) is 0 Å². The van der Waals surface area contributed by atoms with E-state index in [0.29, 0.717) is 5.69 Å². The molecule has 1 aromatic rings. The molecule has 5 heteroatoms. The predicted octanol–water partition coefficient (Wildman–Crippen LogP) is 0.932. The maximum Gasteiger partial charge on any atom is 0.223 e. The summed E-state index contributed by atoms with van der Waals surface area (Å²) in [6.45, 7) is 4.00. The molecule has 0 radical (unpaired) electrons. The first-order valence-corrected chi connectivity index (χ1v) is 4.67. The van der Waals surface area contributed by atoms with Gasteiger partial charge in [-0.15, -0.1) is 0 Å². The van der Waals surface area contributed by atoms with Crippen molar-refractivity contribution in [2.45, 2.75) is 13.8 Å². The molecule has 0 aliphatic carbocycles. The molecule has 6 N–H and O–H groups in total. The van der Waals surface area contributed by atoms with Gasteiger partial charge >= 0.3 is 0 Å². The minimum atomic E-state index is -0.0998. The maximum absolute atomic E-state index is 5.41. The van der Waals surface area contributed by atoms with E-state index >= 15 is 0 Å². The third-order valence-electron chi connectivity index (χ3n) is 1.24. The summed E-state index contributed by atoms with van der Waals surface area (Å²) in [7, 11) is 0. The van der Waals surface area contributed by atoms with Crippen LogP contribution in [0.15, 0.2) is 40.3 Å². The largest absolute Gasteiger partial charge is 0.370 e. The van der Waals surface area contributed by atoms with Crippen molar-refractivity contribution in [3.63, 3.8) is 0 Å². The fourth-order valence-corrected chi connectivity index (χ4v) is 0.792. The second-order valence-corrected chi connectivity index (χ2v) is 2.34. The Labute approximate surface area is 89.7 Å². The summed E-state index contributed by atoms with van der Waals surface area (Å²) < 4.78 is 0. The predicted molar refractivity (Wildman–Crippen MR) is 64.9 cm³/mol. The molecule has 0 bridgehead atoms. The van der Waals surface area contributed by atoms with Crippen molar-refractivity contribution in [2.75, 3.05) is 0 Å². The number of benzene rings is 1. The van der Waals surface area contributed by atoms with Crippen LogP contribution in [0.25, 0.3) is 0 Å². The van der Waals surface area contributed by atoms with Gasteiger partial charge in [0.15, 0.2) is 5.96 Å². The Kier molecular flexibility index (Phi) is 6.37. The Morgan fingerprint density at radius 3 is 2.00 bits per heavy atom. The van der Waals surface area contributed by atoms with Gasteiger partial charge in [0.1, 0.15) is 0 Å². The van der Waals surface area contributed by atoms with Gasteiger partial charge in [-0.25, -0.2) is 4.99 Å². The molecule has 0 aliphatic rings. The van der Waals surface area contributed by atoms with Gasteiger partial charge in [-0.1, -0.05) is 32.0 Å². The van der Waals surface area contributed by atoms with Crippen molar-refractivity contribution >= 4 is 17.6 Å². The smallest absolute Gasteiger partial charge is 0.223 e. The summed E-state index contributed by atoms with van der Waals surface area (Å²) in [6, 6.07) is 9.18. The van der Waals surface area contributed by atoms with E-state index in [-0.39, 0.29) is 11.9 Å². The zero-order valence-corrected chi connectivity index (χ0v) is 9.01. The summed E-state index contributed by atoms with van der Waals surface area (Å²) in [4.78, 5) is 7.52. The number of aliphatic imine (C=N–C) groups is 2. The van der Waals surface area contributed by atoms with Gasteiger partial charge in [-0.3, -0.25) is 0 Å². The molecule has 1 rings (SSSR count). The second kappa shape index (κ2) is 7.37. The lowest BCUT2D eigenvalue weighted by Crippen LogP contribution is -2.26. The van der Waals surface area contributed by atoms with Crippen LogP contribution in [0.3, 0.4) is 0 Å². The van der Waals surface area contributed by atoms with E-state index in [0.717, 1.165) is 0 Å². The van der Waals surface area contributed by atoms with Gasteiger partial charge in [0.2, 0.25) is 5.96 Å². The topological polar surface area (TPSA) is 103 Å². The standard InChI is InChI=1S/C8H11N5.C2H6/c9-7(10)13-8(11)12-6-4-2-1-3-5-6;1-2/h1-5H,(H6,9,10,11,12,13);1-2H3. The fraction of sp³-hybridized carbons (Fsp3) is 0.200. The Morgan fingerprint density at radius 1 is 1.00 bits per heavy atom. The Morgan fingerprint density at radius 2 is 1.53 bits per heavy atom. The van der Waals surface area contributed by atoms with Crippen LogP contribution in [0.1, 0.15) is 13.8 Å². The van der Waals surface area contributed by atoms with Crippen molar-refractivity contribution in [1.29, 1.82) is 0 Å². The van der Waals surface area contributed by atoms with E-state index in [2.05, 4.69) is 9.98 Å². The van der Waals surface area contributed by atoms with E-state index in [1.54, 1.807) is 12.1 Å². The summed E-state index contributed by atoms with van der Waals surface area (Å²) in [5, 5.41) is 0. The number of guanidine groups is 2. The SMILES string of the molecule is CC.NC(N)=NC(N)=Nc1ccccc1. The molecule has 0 aliphatic heterocycles. The number of para-hydroxylation sites is 1. The fourth-order valence-electron chi connectivity index (χ4n) is 0.792. The third kappa shape index (κ3) is 6.09. The first-order chi connectivity index (χ1) is 7.18. The van der Waals surface area contributed by atoms with Crippen LogP contribution in [0, 0.1) is 0 Å². The Bertz CT molecular complexity index is 325. The number of hydrogen-bond donors (Lipinski definition) is 3. The number of rotatable bonds is 1. The van der Waals surface area contributed by atoms with Crippen LogP contribution < -0.4 is 17.2 Å². The molecule has 0 saturated heterocycles. The highest BCUT2D eigenvalue weighted by atomic mass is 15.1. The van der Waals surface area contributed by atoms with Crippen LogP contribution in [0.4, 0.5) is 5.69 Å². The first kappa shape index (κ1) is 13.0. The van der Waals surface area contributed by atoms with Gasteiger partial charge < -0.3 is 17.2 Å². The molecular weight excluding hydrogens is 190 g/mol. The molecule has 0 saturated carbocycles. The minimum absolute atomic E-state index is 0.0474. The molecule has 1 aromatic carbocycles. The van der Waals surface area contributed by atoms with Crippen LogP contribution in [0.2, 0.25) is 0 Å². The molecule has 0 unspecified atom stereocenters. The number of hydrogen-bond acceptors (Lipinski definition) is 1. The zero-order valence-electron chi connectivity index (χ0n) is 9.01. The molecule has 5 nitrogen and oxygen atoms in total. The second-order valence-electron chi connectivity index (χ2n) is 2.34. The number of nitrogens with zero attached hydrogens (tertiary/aromatic N) is 2. The molecule has 15 heavy (non-hydrogen) atoms. The lowest BCUT2D eigenvalue weighted by molar-refractivity contribution is 1.38. The van der Waals surface area contributed by atoms with Crippen LogP contribution in [0.5, 0.6) is 0 Å². The highest BCUT2D eigenvalue weighted by Crippen LogP contribution is 2.08. The third-order valence-corrected chi connectivity index (χ3v) is 1.24. The Balaban J connectivity index is 0.000000921. The highest BCUT2D eigenvalue weighted by molar-refractivity contribution is 5.93. The van der Waals surface area contributed by atoms with E-state index in [4.69, 9.17) is 17.2 Å². The molecule has 0 spiro atoms. The van der Waals surface area contributed by atoms with Crippen molar-refractivity contribution < 1.29 is 0 Å². The van der Waals surface area contributed by atoms with Crippen molar-refractivity contribution in [3.8, 4) is 0 Å². The molecule has 0 fully saturated rings. The quantitative estimate of drug-likeness (QED) is 0.471. The highest BCUT2D eigenvalue weighted by Gasteiger charge is 1.89. The average molecular weight is 207 g/mol. The lowest BCUT2D eigenvalue weighted by atomic mass is 10.3. The maximum atomic E-state index is 5.41. The monoisotopic (exact) mass is 207 g/mol. The summed E-state index contributed by atoms with van der Waals surface area (Å²) in [5.74, 6) is -0.0524. The minimum Gasteiger partial charge on any atom is -0.370 e. The van der Waals surface area contributed by atoms with Crippen LogP contribution >= 0.6 is 0 Å². The molecular formula is C10H17N5. The lowest BCUT2D eigenvalue weighted by Gasteiger charge is -1.94. The molecule has 82 valence electrons. The molecule has 0 amide bonds. The van der Waals surface area contributed by atoms with Crippen molar-refractivity contribution in [1.82, 2.24) is 0 Å². The summed E-state index contributed by atoms with van der Waals surface area (Å²) in [5.41, 5.74) is 16.3. The normalized spacial score (nSPS) is 9.87. The zero-order chi connectivity index (χ0) is 11.7. The van der Waals surface area contributed by atoms with E-state index < -0.39 is 0 Å². The summed E-state index contributed by atoms with van der Waals surface area (Å²) in [6.07, 6.45) is 0. The van der Waals surface area contributed by atoms with E-state index in [1.807, 2.05) is 32.0 Å². The first-order valence-electron chi connectivity index (χ1n) is 4.67. The van der Waals surface area contributed by atoms with Gasteiger partial charge in [0.05, 0.1) is 5.69 Å². The van der Waals surface area contributed by atoms with E-state index in [1.165, 1.54) is 0 Å². The van der Waals surface area contributed by atoms with Gasteiger partial charge in [-0.05, 0) is 12.1 Å². The van der Waals surface area contributed by atoms with Gasteiger partial charge in [0.25, 0.3) is 0 Å². The van der Waals surface area contributed by atoms with Gasteiger partial charge in [-0.2, -0.15) is 4.99 Å². The Hall–Kier alpha value is -2.04. The molecule has 0 aromatic heterocycles. The average Bonchev–Trinajstić information content (AvgIpc) is 2.21.